The van der Waals surface area contributed by atoms with Crippen molar-refractivity contribution in [3.05, 3.63) is 29.8 Å². The van der Waals surface area contributed by atoms with Crippen LogP contribution in [0.4, 0.5) is 0 Å². The maximum Gasteiger partial charge on any atom is 0.148 e. The molecular weight excluding hydrogens is 254 g/mol. The molecule has 0 bridgehead atoms. The van der Waals surface area contributed by atoms with Gasteiger partial charge < -0.3 is 5.73 Å². The summed E-state index contributed by atoms with van der Waals surface area (Å²) in [6, 6.07) is 7.95. The fraction of sp³-hybridized carbons (Fsp3) is 0.500. The van der Waals surface area contributed by atoms with Crippen molar-refractivity contribution in [1.29, 1.82) is 0 Å². The Bertz CT molecular complexity index is 457. The van der Waals surface area contributed by atoms with Gasteiger partial charge in [-0.2, -0.15) is 0 Å². The molecule has 1 aromatic rings. The fourth-order valence-corrected chi connectivity index (χ4v) is 3.77. The third kappa shape index (κ3) is 5.10. The van der Waals surface area contributed by atoms with Crippen molar-refractivity contribution in [3.8, 4) is 0 Å². The third-order valence-electron chi connectivity index (χ3n) is 2.47. The largest absolute Gasteiger partial charge is 0.324 e. The minimum atomic E-state index is -2.89. The standard InChI is InChI=1S/C12H19NO2S2/c1-3-11(13)10-6-4-5-7-12(10)16-8-9-17(2,14)15/h4-7,11H,3,8-9,13H2,1-2H3/t11-/m1/s1. The van der Waals surface area contributed by atoms with Crippen LogP contribution >= 0.6 is 11.8 Å². The van der Waals surface area contributed by atoms with E-state index >= 15 is 0 Å². The quantitative estimate of drug-likeness (QED) is 0.807. The Balaban J connectivity index is 2.70. The Labute approximate surface area is 108 Å². The Morgan fingerprint density at radius 1 is 1.35 bits per heavy atom. The summed E-state index contributed by atoms with van der Waals surface area (Å²) in [6.45, 7) is 2.04. The lowest BCUT2D eigenvalue weighted by molar-refractivity contribution is 0.603. The molecule has 0 spiro atoms. The molecule has 0 aliphatic rings. The van der Waals surface area contributed by atoms with Crippen LogP contribution in [0.15, 0.2) is 29.2 Å². The molecule has 3 nitrogen and oxygen atoms in total. The molecule has 1 aromatic carbocycles. The van der Waals surface area contributed by atoms with Crippen molar-refractivity contribution in [2.45, 2.75) is 24.3 Å². The van der Waals surface area contributed by atoms with Gasteiger partial charge >= 0.3 is 0 Å². The molecule has 1 rings (SSSR count). The minimum Gasteiger partial charge on any atom is -0.324 e. The number of thioether (sulfide) groups is 1. The SMILES string of the molecule is CC[C@@H](N)c1ccccc1SCCS(C)(=O)=O. The van der Waals surface area contributed by atoms with Gasteiger partial charge in [-0.25, -0.2) is 8.42 Å². The van der Waals surface area contributed by atoms with Crippen LogP contribution in [-0.4, -0.2) is 26.2 Å². The van der Waals surface area contributed by atoms with Crippen LogP contribution in [0, 0.1) is 0 Å². The average molecular weight is 273 g/mol. The molecule has 0 unspecified atom stereocenters. The van der Waals surface area contributed by atoms with E-state index in [-0.39, 0.29) is 11.8 Å². The van der Waals surface area contributed by atoms with E-state index in [2.05, 4.69) is 0 Å². The number of hydrogen-bond acceptors (Lipinski definition) is 4. The normalized spacial score (nSPS) is 13.6. The zero-order valence-electron chi connectivity index (χ0n) is 10.2. The summed E-state index contributed by atoms with van der Waals surface area (Å²) >= 11 is 1.56. The predicted octanol–water partition coefficient (Wildman–Crippen LogP) is 2.23. The first-order chi connectivity index (χ1) is 7.94. The number of benzene rings is 1. The molecule has 0 heterocycles. The van der Waals surface area contributed by atoms with Crippen molar-refractivity contribution < 1.29 is 8.42 Å². The van der Waals surface area contributed by atoms with Gasteiger partial charge in [0.2, 0.25) is 0 Å². The molecule has 0 fully saturated rings. The molecular formula is C12H19NO2S2. The molecule has 0 radical (unpaired) electrons. The molecule has 5 heteroatoms. The lowest BCUT2D eigenvalue weighted by Crippen LogP contribution is -2.10. The number of rotatable bonds is 6. The van der Waals surface area contributed by atoms with Crippen LogP contribution in [0.2, 0.25) is 0 Å². The van der Waals surface area contributed by atoms with E-state index in [4.69, 9.17) is 5.73 Å². The molecule has 17 heavy (non-hydrogen) atoms. The molecule has 0 aliphatic carbocycles. The maximum atomic E-state index is 11.1. The van der Waals surface area contributed by atoms with Gasteiger partial charge in [-0.15, -0.1) is 11.8 Å². The monoisotopic (exact) mass is 273 g/mol. The third-order valence-corrected chi connectivity index (χ3v) is 4.77. The lowest BCUT2D eigenvalue weighted by atomic mass is 10.1. The van der Waals surface area contributed by atoms with Crippen LogP contribution < -0.4 is 5.73 Å². The second kappa shape index (κ2) is 6.42. The number of sulfone groups is 1. The Morgan fingerprint density at radius 2 is 2.00 bits per heavy atom. The average Bonchev–Trinajstić information content (AvgIpc) is 2.27. The van der Waals surface area contributed by atoms with E-state index in [1.165, 1.54) is 6.26 Å². The smallest absolute Gasteiger partial charge is 0.148 e. The molecule has 0 aromatic heterocycles. The zero-order chi connectivity index (χ0) is 12.9. The molecule has 2 N–H and O–H groups in total. The first kappa shape index (κ1) is 14.5. The van der Waals surface area contributed by atoms with E-state index in [0.29, 0.717) is 5.75 Å². The molecule has 1 atom stereocenters. The summed E-state index contributed by atoms with van der Waals surface area (Å²) in [7, 11) is -2.89. The van der Waals surface area contributed by atoms with E-state index < -0.39 is 9.84 Å². The van der Waals surface area contributed by atoms with Gasteiger partial charge in [0, 0.05) is 22.9 Å². The van der Waals surface area contributed by atoms with Gasteiger partial charge in [0.05, 0.1) is 5.75 Å². The van der Waals surface area contributed by atoms with Crippen molar-refractivity contribution in [2.24, 2.45) is 5.73 Å². The summed E-state index contributed by atoms with van der Waals surface area (Å²) in [5, 5.41) is 0. The summed E-state index contributed by atoms with van der Waals surface area (Å²) in [5.74, 6) is 0.777. The molecule has 0 saturated carbocycles. The van der Waals surface area contributed by atoms with Crippen LogP contribution in [0.5, 0.6) is 0 Å². The van der Waals surface area contributed by atoms with Gasteiger partial charge in [-0.05, 0) is 18.1 Å². The second-order valence-corrected chi connectivity index (χ2v) is 7.43. The van der Waals surface area contributed by atoms with Crippen LogP contribution in [0.25, 0.3) is 0 Å². The van der Waals surface area contributed by atoms with Gasteiger partial charge in [0.1, 0.15) is 9.84 Å². The summed E-state index contributed by atoms with van der Waals surface area (Å²) in [6.07, 6.45) is 2.14. The fourth-order valence-electron chi connectivity index (χ4n) is 1.44. The van der Waals surface area contributed by atoms with Crippen molar-refractivity contribution >= 4 is 21.6 Å². The van der Waals surface area contributed by atoms with E-state index in [1.54, 1.807) is 11.8 Å². The van der Waals surface area contributed by atoms with Crippen LogP contribution in [-0.2, 0) is 9.84 Å². The first-order valence-electron chi connectivity index (χ1n) is 5.59. The number of nitrogens with two attached hydrogens (primary N) is 1. The first-order valence-corrected chi connectivity index (χ1v) is 8.63. The van der Waals surface area contributed by atoms with E-state index in [1.807, 2.05) is 31.2 Å². The highest BCUT2D eigenvalue weighted by molar-refractivity contribution is 8.00. The van der Waals surface area contributed by atoms with Crippen LogP contribution in [0.3, 0.4) is 0 Å². The maximum absolute atomic E-state index is 11.1. The molecule has 0 amide bonds. The van der Waals surface area contributed by atoms with E-state index in [0.717, 1.165) is 16.9 Å². The van der Waals surface area contributed by atoms with Crippen molar-refractivity contribution in [3.63, 3.8) is 0 Å². The van der Waals surface area contributed by atoms with Crippen molar-refractivity contribution in [1.82, 2.24) is 0 Å². The topological polar surface area (TPSA) is 60.2 Å². The Hall–Kier alpha value is -0.520. The highest BCUT2D eigenvalue weighted by atomic mass is 32.2. The summed E-state index contributed by atoms with van der Waals surface area (Å²) in [5.41, 5.74) is 7.13. The predicted molar refractivity (Wildman–Crippen MR) is 74.1 cm³/mol. The van der Waals surface area contributed by atoms with Gasteiger partial charge in [0.15, 0.2) is 0 Å². The molecule has 96 valence electrons. The van der Waals surface area contributed by atoms with Gasteiger partial charge in [0.25, 0.3) is 0 Å². The Morgan fingerprint density at radius 3 is 2.59 bits per heavy atom. The highest BCUT2D eigenvalue weighted by Crippen LogP contribution is 2.27. The van der Waals surface area contributed by atoms with Crippen molar-refractivity contribution in [2.75, 3.05) is 17.8 Å². The zero-order valence-corrected chi connectivity index (χ0v) is 11.9. The second-order valence-electron chi connectivity index (χ2n) is 4.03. The minimum absolute atomic E-state index is 0.0249. The Kier molecular flexibility index (Phi) is 5.49. The van der Waals surface area contributed by atoms with Gasteiger partial charge in [-0.3, -0.25) is 0 Å². The lowest BCUT2D eigenvalue weighted by Gasteiger charge is -2.14. The van der Waals surface area contributed by atoms with E-state index in [9.17, 15) is 8.42 Å². The highest BCUT2D eigenvalue weighted by Gasteiger charge is 2.10. The summed E-state index contributed by atoms with van der Waals surface area (Å²) in [4.78, 5) is 1.09. The summed E-state index contributed by atoms with van der Waals surface area (Å²) < 4.78 is 22.1. The molecule has 0 aliphatic heterocycles. The van der Waals surface area contributed by atoms with Crippen LogP contribution in [0.1, 0.15) is 24.9 Å². The molecule has 0 saturated heterocycles. The van der Waals surface area contributed by atoms with Gasteiger partial charge in [-0.1, -0.05) is 25.1 Å². The number of hydrogen-bond donors (Lipinski definition) is 1.